The first-order valence-electron chi connectivity index (χ1n) is 8.41. The van der Waals surface area contributed by atoms with E-state index < -0.39 is 0 Å². The van der Waals surface area contributed by atoms with E-state index in [1.807, 2.05) is 44.2 Å². The van der Waals surface area contributed by atoms with E-state index >= 15 is 0 Å². The van der Waals surface area contributed by atoms with Crippen molar-refractivity contribution in [2.24, 2.45) is 5.92 Å². The van der Waals surface area contributed by atoms with Crippen molar-refractivity contribution in [3.8, 4) is 0 Å². The number of hydrogen-bond acceptors (Lipinski definition) is 2. The Labute approximate surface area is 141 Å². The van der Waals surface area contributed by atoms with Crippen molar-refractivity contribution >= 4 is 11.8 Å². The van der Waals surface area contributed by atoms with Crippen molar-refractivity contribution in [2.75, 3.05) is 6.54 Å². The van der Waals surface area contributed by atoms with Crippen LogP contribution < -0.4 is 10.6 Å². The monoisotopic (exact) mass is 320 g/mol. The Balaban J connectivity index is 0.00000108. The van der Waals surface area contributed by atoms with Gasteiger partial charge >= 0.3 is 0 Å². The molecule has 0 saturated heterocycles. The summed E-state index contributed by atoms with van der Waals surface area (Å²) in [4.78, 5) is 22.9. The van der Waals surface area contributed by atoms with E-state index in [4.69, 9.17) is 0 Å². The van der Waals surface area contributed by atoms with E-state index in [0.717, 1.165) is 18.8 Å². The zero-order chi connectivity index (χ0) is 17.7. The maximum Gasteiger partial charge on any atom is 0.239 e. The topological polar surface area (TPSA) is 58.2 Å². The smallest absolute Gasteiger partial charge is 0.239 e. The molecule has 2 N–H and O–H groups in total. The van der Waals surface area contributed by atoms with Gasteiger partial charge in [-0.05, 0) is 38.2 Å². The number of hydrogen-bond donors (Lipinski definition) is 2. The van der Waals surface area contributed by atoms with Crippen molar-refractivity contribution in [1.29, 1.82) is 0 Å². The summed E-state index contributed by atoms with van der Waals surface area (Å²) >= 11 is 0. The van der Waals surface area contributed by atoms with E-state index in [9.17, 15) is 9.59 Å². The third-order valence-corrected chi connectivity index (χ3v) is 2.61. The highest BCUT2D eigenvalue weighted by Gasteiger charge is 2.06. The van der Waals surface area contributed by atoms with Gasteiger partial charge in [-0.1, -0.05) is 51.1 Å². The van der Waals surface area contributed by atoms with Gasteiger partial charge in [0.25, 0.3) is 0 Å². The van der Waals surface area contributed by atoms with Crippen LogP contribution in [0, 0.1) is 5.92 Å². The lowest BCUT2D eigenvalue weighted by Crippen LogP contribution is -2.39. The molecule has 0 atom stereocenters. The van der Waals surface area contributed by atoms with Crippen LogP contribution in [0.5, 0.6) is 0 Å². The maximum absolute atomic E-state index is 11.5. The van der Waals surface area contributed by atoms with Gasteiger partial charge in [0.2, 0.25) is 11.8 Å². The minimum atomic E-state index is -0.147. The van der Waals surface area contributed by atoms with Crippen LogP contribution in [0.3, 0.4) is 0 Å². The second-order valence-electron chi connectivity index (χ2n) is 6.57. The van der Waals surface area contributed by atoms with Gasteiger partial charge in [0, 0.05) is 12.5 Å². The summed E-state index contributed by atoms with van der Waals surface area (Å²) in [5, 5.41) is 5.35. The predicted molar refractivity (Wildman–Crippen MR) is 96.2 cm³/mol. The maximum atomic E-state index is 11.5. The summed E-state index contributed by atoms with van der Waals surface area (Å²) in [7, 11) is 0. The summed E-state index contributed by atoms with van der Waals surface area (Å²) in [5.74, 6) is 0.612. The highest BCUT2D eigenvalue weighted by atomic mass is 16.2. The number of carbonyl (C=O) groups excluding carboxylic acids is 2. The molecule has 0 radical (unpaired) electrons. The van der Waals surface area contributed by atoms with Crippen LogP contribution in [0.1, 0.15) is 53.0 Å². The van der Waals surface area contributed by atoms with E-state index in [0.29, 0.717) is 6.42 Å². The predicted octanol–water partition coefficient (Wildman–Crippen LogP) is 3.31. The van der Waals surface area contributed by atoms with Gasteiger partial charge < -0.3 is 10.6 Å². The second-order valence-corrected chi connectivity index (χ2v) is 6.57. The minimum Gasteiger partial charge on any atom is -0.352 e. The molecule has 1 aromatic rings. The van der Waals surface area contributed by atoms with E-state index in [1.165, 1.54) is 5.56 Å². The number of nitrogens with one attached hydrogen (secondary N) is 2. The van der Waals surface area contributed by atoms with Crippen LogP contribution in [0.4, 0.5) is 0 Å². The van der Waals surface area contributed by atoms with Gasteiger partial charge in [-0.3, -0.25) is 9.59 Å². The van der Waals surface area contributed by atoms with Crippen molar-refractivity contribution < 1.29 is 9.59 Å². The summed E-state index contributed by atoms with van der Waals surface area (Å²) in [5.41, 5.74) is 1.23. The van der Waals surface area contributed by atoms with Gasteiger partial charge in [-0.15, -0.1) is 0 Å². The Bertz CT molecular complexity index is 439. The molecule has 1 rings (SSSR count). The van der Waals surface area contributed by atoms with Gasteiger partial charge in [0.05, 0.1) is 6.54 Å². The molecule has 130 valence electrons. The average Bonchev–Trinajstić information content (AvgIpc) is 2.45. The largest absolute Gasteiger partial charge is 0.352 e. The molecule has 2 amide bonds. The lowest BCUT2D eigenvalue weighted by molar-refractivity contribution is -0.126. The van der Waals surface area contributed by atoms with E-state index in [1.54, 1.807) is 0 Å². The lowest BCUT2D eigenvalue weighted by atomic mass is 10.1. The molecule has 0 bridgehead atoms. The van der Waals surface area contributed by atoms with Crippen LogP contribution in [-0.4, -0.2) is 24.4 Å². The molecule has 0 fully saturated rings. The molecule has 23 heavy (non-hydrogen) atoms. The highest BCUT2D eigenvalue weighted by molar-refractivity contribution is 5.84. The lowest BCUT2D eigenvalue weighted by Gasteiger charge is -2.09. The van der Waals surface area contributed by atoms with Gasteiger partial charge in [0.1, 0.15) is 0 Å². The van der Waals surface area contributed by atoms with Crippen molar-refractivity contribution in [3.05, 3.63) is 35.9 Å². The summed E-state index contributed by atoms with van der Waals surface area (Å²) in [6, 6.07) is 10.2. The molecular formula is C19H32N2O2. The first-order chi connectivity index (χ1) is 10.8. The summed E-state index contributed by atoms with van der Waals surface area (Å²) < 4.78 is 0. The normalized spacial score (nSPS) is 10.0. The van der Waals surface area contributed by atoms with E-state index in [-0.39, 0.29) is 24.4 Å². The number of rotatable bonds is 7. The Hall–Kier alpha value is -1.84. The summed E-state index contributed by atoms with van der Waals surface area (Å²) in [6.45, 7) is 10.3. The SMILES string of the molecule is CC(C)C.CC(C)NC(=O)CNC(=O)CCCc1ccccc1. The van der Waals surface area contributed by atoms with Crippen molar-refractivity contribution in [3.63, 3.8) is 0 Å². The molecule has 0 heterocycles. The molecule has 0 aliphatic heterocycles. The Morgan fingerprint density at radius 1 is 0.957 bits per heavy atom. The van der Waals surface area contributed by atoms with Crippen LogP contribution in [-0.2, 0) is 16.0 Å². The molecular weight excluding hydrogens is 288 g/mol. The van der Waals surface area contributed by atoms with Gasteiger partial charge in [0.15, 0.2) is 0 Å². The molecule has 0 saturated carbocycles. The molecule has 4 nitrogen and oxygen atoms in total. The van der Waals surface area contributed by atoms with Crippen LogP contribution in [0.25, 0.3) is 0 Å². The molecule has 0 aromatic heterocycles. The fourth-order valence-corrected chi connectivity index (χ4v) is 1.74. The van der Waals surface area contributed by atoms with Crippen molar-refractivity contribution in [2.45, 2.75) is 59.9 Å². The van der Waals surface area contributed by atoms with Crippen LogP contribution in [0.15, 0.2) is 30.3 Å². The number of benzene rings is 1. The number of aryl methyl sites for hydroxylation is 1. The number of amides is 2. The Morgan fingerprint density at radius 2 is 1.52 bits per heavy atom. The van der Waals surface area contributed by atoms with Crippen LogP contribution in [0.2, 0.25) is 0 Å². The highest BCUT2D eigenvalue weighted by Crippen LogP contribution is 2.04. The third-order valence-electron chi connectivity index (χ3n) is 2.61. The fraction of sp³-hybridized carbons (Fsp3) is 0.579. The molecule has 0 spiro atoms. The third kappa shape index (κ3) is 14.8. The quantitative estimate of drug-likeness (QED) is 0.810. The zero-order valence-corrected chi connectivity index (χ0v) is 15.2. The Morgan fingerprint density at radius 3 is 2.04 bits per heavy atom. The molecule has 0 unspecified atom stereocenters. The zero-order valence-electron chi connectivity index (χ0n) is 15.2. The standard InChI is InChI=1S/C15H22N2O2.C4H10/c1-12(2)17-15(19)11-16-14(18)10-6-9-13-7-4-3-5-8-13;1-4(2)3/h3-5,7-8,12H,6,9-11H2,1-2H3,(H,16,18)(H,17,19);4H,1-3H3. The minimum absolute atomic E-state index is 0.0579. The Kier molecular flexibility index (Phi) is 11.7. The molecule has 1 aromatic carbocycles. The number of carbonyl (C=O) groups is 2. The first-order valence-corrected chi connectivity index (χ1v) is 8.41. The molecule has 0 aliphatic carbocycles. The summed E-state index contributed by atoms with van der Waals surface area (Å²) in [6.07, 6.45) is 2.12. The van der Waals surface area contributed by atoms with E-state index in [2.05, 4.69) is 31.4 Å². The molecule has 4 heteroatoms. The fourth-order valence-electron chi connectivity index (χ4n) is 1.74. The first kappa shape index (κ1) is 21.2. The van der Waals surface area contributed by atoms with Crippen LogP contribution >= 0.6 is 0 Å². The average molecular weight is 320 g/mol. The molecule has 0 aliphatic rings. The second kappa shape index (κ2) is 12.7. The van der Waals surface area contributed by atoms with Gasteiger partial charge in [-0.2, -0.15) is 0 Å². The van der Waals surface area contributed by atoms with Crippen molar-refractivity contribution in [1.82, 2.24) is 10.6 Å². The van der Waals surface area contributed by atoms with Gasteiger partial charge in [-0.25, -0.2) is 0 Å².